The van der Waals surface area contributed by atoms with E-state index in [1.807, 2.05) is 13.8 Å². The number of rotatable bonds is 6. The minimum absolute atomic E-state index is 0.153. The molecule has 1 aromatic rings. The molecule has 0 radical (unpaired) electrons. The van der Waals surface area contributed by atoms with E-state index < -0.39 is 0 Å². The molecular formula is C13H23N3O. The van der Waals surface area contributed by atoms with Crippen LogP contribution in [0.1, 0.15) is 38.1 Å². The molecule has 0 spiro atoms. The summed E-state index contributed by atoms with van der Waals surface area (Å²) >= 11 is 0. The molecule has 0 amide bonds. The highest BCUT2D eigenvalue weighted by molar-refractivity contribution is 5.39. The van der Waals surface area contributed by atoms with Crippen LogP contribution in [0.2, 0.25) is 0 Å². The first-order valence-electron chi connectivity index (χ1n) is 6.09. The Kier molecular flexibility index (Phi) is 4.87. The van der Waals surface area contributed by atoms with Gasteiger partial charge in [-0.2, -0.15) is 0 Å². The Labute approximate surface area is 103 Å². The van der Waals surface area contributed by atoms with Gasteiger partial charge in [0.1, 0.15) is 5.82 Å². The molecule has 0 saturated heterocycles. The number of aliphatic hydroxyl groups excluding tert-OH is 1. The summed E-state index contributed by atoms with van der Waals surface area (Å²) in [5.41, 5.74) is 2.00. The smallest absolute Gasteiger partial charge is 0.147 e. The van der Waals surface area contributed by atoms with Crippen molar-refractivity contribution in [3.8, 4) is 0 Å². The molecular weight excluding hydrogens is 214 g/mol. The van der Waals surface area contributed by atoms with Crippen molar-refractivity contribution in [3.63, 3.8) is 0 Å². The quantitative estimate of drug-likeness (QED) is 0.797. The molecule has 96 valence electrons. The van der Waals surface area contributed by atoms with E-state index in [2.05, 4.69) is 29.1 Å². The van der Waals surface area contributed by atoms with Crippen LogP contribution in [0.25, 0.3) is 0 Å². The molecule has 1 rings (SSSR count). The van der Waals surface area contributed by atoms with Crippen molar-refractivity contribution in [2.45, 2.75) is 40.5 Å². The van der Waals surface area contributed by atoms with Crippen molar-refractivity contribution in [2.24, 2.45) is 5.41 Å². The zero-order valence-electron chi connectivity index (χ0n) is 11.2. The third-order valence-electron chi connectivity index (χ3n) is 2.82. The molecule has 0 aliphatic rings. The molecule has 1 aromatic heterocycles. The average Bonchev–Trinajstić information content (AvgIpc) is 2.28. The first-order valence-corrected chi connectivity index (χ1v) is 6.09. The number of nitrogens with one attached hydrogen (secondary N) is 1. The van der Waals surface area contributed by atoms with E-state index in [-0.39, 0.29) is 12.0 Å². The first-order chi connectivity index (χ1) is 7.94. The van der Waals surface area contributed by atoms with Crippen molar-refractivity contribution in [1.82, 2.24) is 9.97 Å². The fourth-order valence-corrected chi connectivity index (χ4v) is 1.67. The minimum Gasteiger partial charge on any atom is -0.396 e. The van der Waals surface area contributed by atoms with Crippen molar-refractivity contribution < 1.29 is 5.11 Å². The summed E-state index contributed by atoms with van der Waals surface area (Å²) in [5, 5.41) is 12.2. The van der Waals surface area contributed by atoms with Crippen LogP contribution >= 0.6 is 0 Å². The van der Waals surface area contributed by atoms with Crippen molar-refractivity contribution in [3.05, 3.63) is 17.6 Å². The molecule has 4 heteroatoms. The molecule has 0 atom stereocenters. The van der Waals surface area contributed by atoms with Crippen LogP contribution in [-0.4, -0.2) is 28.2 Å². The molecule has 0 aromatic carbocycles. The minimum atomic E-state index is 0.153. The second kappa shape index (κ2) is 5.96. The second-order valence-corrected chi connectivity index (χ2v) is 5.29. The lowest BCUT2D eigenvalue weighted by atomic mass is 9.88. The number of nitrogens with zero attached hydrogens (tertiary/aromatic N) is 2. The summed E-state index contributed by atoms with van der Waals surface area (Å²) in [6.45, 7) is 9.37. The van der Waals surface area contributed by atoms with E-state index in [1.54, 1.807) is 6.20 Å². The molecule has 17 heavy (non-hydrogen) atoms. The van der Waals surface area contributed by atoms with Crippen LogP contribution in [0.3, 0.4) is 0 Å². The van der Waals surface area contributed by atoms with Crippen LogP contribution in [0, 0.1) is 19.3 Å². The highest BCUT2D eigenvalue weighted by Gasteiger charge is 2.17. The van der Waals surface area contributed by atoms with Crippen LogP contribution in [0.5, 0.6) is 0 Å². The Morgan fingerprint density at radius 2 is 2.06 bits per heavy atom. The van der Waals surface area contributed by atoms with Crippen LogP contribution in [0.4, 0.5) is 5.82 Å². The summed E-state index contributed by atoms with van der Waals surface area (Å²) in [5.74, 6) is 0.863. The molecule has 2 N–H and O–H groups in total. The number of aliphatic hydroxyl groups is 1. The maximum Gasteiger partial charge on any atom is 0.147 e. The molecule has 0 fully saturated rings. The van der Waals surface area contributed by atoms with Crippen LogP contribution < -0.4 is 5.32 Å². The Morgan fingerprint density at radius 3 is 2.71 bits per heavy atom. The van der Waals surface area contributed by atoms with Crippen LogP contribution in [-0.2, 0) is 0 Å². The predicted octanol–water partition coefficient (Wildman–Crippen LogP) is 2.30. The fourth-order valence-electron chi connectivity index (χ4n) is 1.67. The largest absolute Gasteiger partial charge is 0.396 e. The van der Waals surface area contributed by atoms with Gasteiger partial charge in [0, 0.05) is 19.3 Å². The molecule has 1 heterocycles. The van der Waals surface area contributed by atoms with Gasteiger partial charge in [0.05, 0.1) is 11.4 Å². The van der Waals surface area contributed by atoms with Gasteiger partial charge >= 0.3 is 0 Å². The lowest BCUT2D eigenvalue weighted by Gasteiger charge is -2.25. The van der Waals surface area contributed by atoms with Gasteiger partial charge in [0.15, 0.2) is 0 Å². The Bertz CT molecular complexity index is 364. The predicted molar refractivity (Wildman–Crippen MR) is 70.1 cm³/mol. The fraction of sp³-hybridized carbons (Fsp3) is 0.692. The summed E-state index contributed by atoms with van der Waals surface area (Å²) < 4.78 is 0. The normalized spacial score (nSPS) is 11.6. The first kappa shape index (κ1) is 13.9. The third kappa shape index (κ3) is 4.69. The number of aromatic nitrogens is 2. The molecule has 4 nitrogen and oxygen atoms in total. The SMILES string of the molecule is Cc1cnc(C)c(NCC(C)(C)CCCO)n1. The second-order valence-electron chi connectivity index (χ2n) is 5.29. The molecule has 0 saturated carbocycles. The van der Waals surface area contributed by atoms with Gasteiger partial charge in [-0.3, -0.25) is 4.98 Å². The van der Waals surface area contributed by atoms with Gasteiger partial charge in [0.2, 0.25) is 0 Å². The standard InChI is InChI=1S/C13H23N3O/c1-10-8-14-11(2)12(16-10)15-9-13(3,4)6-5-7-17/h8,17H,5-7,9H2,1-4H3,(H,15,16). The van der Waals surface area contributed by atoms with E-state index in [0.717, 1.165) is 36.6 Å². The highest BCUT2D eigenvalue weighted by atomic mass is 16.2. The highest BCUT2D eigenvalue weighted by Crippen LogP contribution is 2.23. The van der Waals surface area contributed by atoms with Gasteiger partial charge in [-0.05, 0) is 32.1 Å². The zero-order chi connectivity index (χ0) is 12.9. The average molecular weight is 237 g/mol. The van der Waals surface area contributed by atoms with E-state index >= 15 is 0 Å². The van der Waals surface area contributed by atoms with Crippen LogP contribution in [0.15, 0.2) is 6.20 Å². The summed E-state index contributed by atoms with van der Waals surface area (Å²) in [4.78, 5) is 8.71. The lowest BCUT2D eigenvalue weighted by molar-refractivity contribution is 0.248. The molecule has 0 unspecified atom stereocenters. The lowest BCUT2D eigenvalue weighted by Crippen LogP contribution is -2.24. The summed E-state index contributed by atoms with van der Waals surface area (Å²) in [6.07, 6.45) is 3.61. The Balaban J connectivity index is 2.57. The summed E-state index contributed by atoms with van der Waals surface area (Å²) in [6, 6.07) is 0. The number of hydrogen-bond acceptors (Lipinski definition) is 4. The topological polar surface area (TPSA) is 58.0 Å². The van der Waals surface area contributed by atoms with E-state index in [1.165, 1.54) is 0 Å². The van der Waals surface area contributed by atoms with Crippen molar-refractivity contribution >= 4 is 5.82 Å². The van der Waals surface area contributed by atoms with Crippen molar-refractivity contribution in [1.29, 1.82) is 0 Å². The monoisotopic (exact) mass is 237 g/mol. The molecule has 0 aliphatic heterocycles. The van der Waals surface area contributed by atoms with Gasteiger partial charge in [-0.15, -0.1) is 0 Å². The maximum atomic E-state index is 8.85. The Morgan fingerprint density at radius 1 is 1.35 bits per heavy atom. The molecule has 0 aliphatic carbocycles. The van der Waals surface area contributed by atoms with Gasteiger partial charge in [-0.25, -0.2) is 4.98 Å². The van der Waals surface area contributed by atoms with E-state index in [4.69, 9.17) is 5.11 Å². The van der Waals surface area contributed by atoms with Crippen molar-refractivity contribution in [2.75, 3.05) is 18.5 Å². The molecule has 0 bridgehead atoms. The zero-order valence-corrected chi connectivity index (χ0v) is 11.2. The Hall–Kier alpha value is -1.16. The van der Waals surface area contributed by atoms with Gasteiger partial charge in [0.25, 0.3) is 0 Å². The number of aryl methyl sites for hydroxylation is 2. The number of anilines is 1. The summed E-state index contributed by atoms with van der Waals surface area (Å²) in [7, 11) is 0. The van der Waals surface area contributed by atoms with Gasteiger partial charge in [-0.1, -0.05) is 13.8 Å². The number of hydrogen-bond donors (Lipinski definition) is 2. The van der Waals surface area contributed by atoms with Gasteiger partial charge < -0.3 is 10.4 Å². The third-order valence-corrected chi connectivity index (χ3v) is 2.82. The van der Waals surface area contributed by atoms with E-state index in [9.17, 15) is 0 Å². The maximum absolute atomic E-state index is 8.85. The van der Waals surface area contributed by atoms with E-state index in [0.29, 0.717) is 0 Å².